The molecule has 1 aromatic heterocycles. The Morgan fingerprint density at radius 1 is 0.875 bits per heavy atom. The van der Waals surface area contributed by atoms with Crippen LogP contribution in [0.25, 0.3) is 0 Å². The third-order valence-electron chi connectivity index (χ3n) is 6.29. The molecule has 7 heteroatoms. The zero-order valence-electron chi connectivity index (χ0n) is 17.9. The normalized spacial score (nSPS) is 23.2. The highest BCUT2D eigenvalue weighted by Gasteiger charge is 2.43. The zero-order valence-corrected chi connectivity index (χ0v) is 18.7. The molecule has 5 rings (SSSR count). The molecule has 0 radical (unpaired) electrons. The fourth-order valence-electron chi connectivity index (χ4n) is 4.68. The first-order valence-electron chi connectivity index (χ1n) is 11.0. The lowest BCUT2D eigenvalue weighted by Gasteiger charge is -2.32. The summed E-state index contributed by atoms with van der Waals surface area (Å²) in [6.07, 6.45) is 4.95. The summed E-state index contributed by atoms with van der Waals surface area (Å²) in [5.74, 6) is 0.457. The summed E-state index contributed by atoms with van der Waals surface area (Å²) < 4.78 is 35.6. The Morgan fingerprint density at radius 3 is 2.44 bits per heavy atom. The largest absolute Gasteiger partial charge is 0.487 e. The van der Waals surface area contributed by atoms with E-state index in [2.05, 4.69) is 16.0 Å². The van der Waals surface area contributed by atoms with E-state index < -0.39 is 10.0 Å². The number of ether oxygens (including phenoxy) is 1. The van der Waals surface area contributed by atoms with Gasteiger partial charge in [0, 0.05) is 38.6 Å². The van der Waals surface area contributed by atoms with Crippen molar-refractivity contribution in [2.75, 3.05) is 13.1 Å². The van der Waals surface area contributed by atoms with Crippen molar-refractivity contribution < 1.29 is 13.2 Å². The van der Waals surface area contributed by atoms with Crippen molar-refractivity contribution in [3.05, 3.63) is 90.3 Å². The second kappa shape index (κ2) is 9.02. The van der Waals surface area contributed by atoms with E-state index in [0.717, 1.165) is 37.2 Å². The SMILES string of the molecule is O=S1(=O)c2ccccc2O[C@H]2CCN(Cc3cccnc3)CC[C@@H]2N1Cc1ccccc1. The molecule has 3 heterocycles. The smallest absolute Gasteiger partial charge is 0.247 e. The lowest BCUT2D eigenvalue weighted by atomic mass is 10.1. The maximum absolute atomic E-state index is 13.8. The number of hydrogen-bond donors (Lipinski definition) is 0. The van der Waals surface area contributed by atoms with E-state index in [1.54, 1.807) is 28.7 Å². The fraction of sp³-hybridized carbons (Fsp3) is 0.320. The predicted octanol–water partition coefficient (Wildman–Crippen LogP) is 3.70. The van der Waals surface area contributed by atoms with E-state index in [1.165, 1.54) is 0 Å². The second-order valence-electron chi connectivity index (χ2n) is 8.42. The third kappa shape index (κ3) is 4.28. The molecule has 166 valence electrons. The second-order valence-corrected chi connectivity index (χ2v) is 10.3. The van der Waals surface area contributed by atoms with Crippen LogP contribution in [0.5, 0.6) is 5.75 Å². The molecule has 0 bridgehead atoms. The van der Waals surface area contributed by atoms with Gasteiger partial charge in [-0.05, 0) is 42.2 Å². The summed E-state index contributed by atoms with van der Waals surface area (Å²) in [6, 6.07) is 20.6. The number of benzene rings is 2. The number of likely N-dealkylation sites (tertiary alicyclic amines) is 1. The van der Waals surface area contributed by atoms with Gasteiger partial charge in [-0.1, -0.05) is 48.5 Å². The van der Waals surface area contributed by atoms with E-state index in [0.29, 0.717) is 18.7 Å². The Bertz CT molecular complexity index is 1160. The Balaban J connectivity index is 1.47. The van der Waals surface area contributed by atoms with Gasteiger partial charge in [0.1, 0.15) is 16.7 Å². The summed E-state index contributed by atoms with van der Waals surface area (Å²) in [6.45, 7) is 2.79. The van der Waals surface area contributed by atoms with Gasteiger partial charge >= 0.3 is 0 Å². The highest BCUT2D eigenvalue weighted by molar-refractivity contribution is 7.89. The number of hydrogen-bond acceptors (Lipinski definition) is 5. The lowest BCUT2D eigenvalue weighted by molar-refractivity contribution is 0.110. The summed E-state index contributed by atoms with van der Waals surface area (Å²) in [4.78, 5) is 6.85. The summed E-state index contributed by atoms with van der Waals surface area (Å²) in [5, 5.41) is 0. The van der Waals surface area contributed by atoms with Crippen molar-refractivity contribution >= 4 is 10.0 Å². The average molecular weight is 450 g/mol. The molecule has 6 nitrogen and oxygen atoms in total. The van der Waals surface area contributed by atoms with Gasteiger partial charge in [0.2, 0.25) is 10.0 Å². The molecule has 1 fully saturated rings. The number of sulfonamides is 1. The Kier molecular flexibility index (Phi) is 5.95. The molecule has 32 heavy (non-hydrogen) atoms. The van der Waals surface area contributed by atoms with Gasteiger partial charge in [0.05, 0.1) is 6.04 Å². The standard InChI is InChI=1S/C25H27N3O3S/c29-32(30)25-11-5-4-10-24(25)31-23-13-16-27(18-21-9-6-14-26-17-21)15-12-22(23)28(32)19-20-7-2-1-3-8-20/h1-11,14,17,22-23H,12-13,15-16,18-19H2/t22-,23-/m0/s1. The number of rotatable bonds is 4. The minimum absolute atomic E-state index is 0.198. The molecule has 1 saturated heterocycles. The maximum Gasteiger partial charge on any atom is 0.247 e. The van der Waals surface area contributed by atoms with Crippen molar-refractivity contribution in [2.24, 2.45) is 0 Å². The van der Waals surface area contributed by atoms with Gasteiger partial charge in [-0.3, -0.25) is 9.88 Å². The minimum Gasteiger partial charge on any atom is -0.487 e. The molecule has 2 aliphatic heterocycles. The number of pyridine rings is 1. The van der Waals surface area contributed by atoms with Crippen molar-refractivity contribution in [1.82, 2.24) is 14.2 Å². The monoisotopic (exact) mass is 449 g/mol. The van der Waals surface area contributed by atoms with Crippen LogP contribution in [-0.2, 0) is 23.1 Å². The zero-order chi connectivity index (χ0) is 22.0. The van der Waals surface area contributed by atoms with Crippen LogP contribution >= 0.6 is 0 Å². The Labute approximate surface area is 189 Å². The van der Waals surface area contributed by atoms with Gasteiger partial charge < -0.3 is 4.74 Å². The summed E-state index contributed by atoms with van der Waals surface area (Å²) >= 11 is 0. The first-order valence-corrected chi connectivity index (χ1v) is 12.5. The molecule has 0 unspecified atom stereocenters. The van der Waals surface area contributed by atoms with Crippen LogP contribution in [0.2, 0.25) is 0 Å². The number of aromatic nitrogens is 1. The molecular formula is C25H27N3O3S. The molecule has 0 amide bonds. The quantitative estimate of drug-likeness (QED) is 0.608. The van der Waals surface area contributed by atoms with Crippen LogP contribution in [0.1, 0.15) is 24.0 Å². The highest BCUT2D eigenvalue weighted by Crippen LogP contribution is 2.37. The topological polar surface area (TPSA) is 62.7 Å². The van der Waals surface area contributed by atoms with E-state index in [-0.39, 0.29) is 17.0 Å². The Morgan fingerprint density at radius 2 is 1.62 bits per heavy atom. The third-order valence-corrected chi connectivity index (χ3v) is 8.20. The number of fused-ring (bicyclic) bond motifs is 2. The van der Waals surface area contributed by atoms with E-state index in [9.17, 15) is 8.42 Å². The molecule has 2 aliphatic rings. The fourth-order valence-corrected chi connectivity index (χ4v) is 6.47. The molecule has 2 atom stereocenters. The molecule has 2 aromatic carbocycles. The van der Waals surface area contributed by atoms with Crippen LogP contribution in [-0.4, -0.2) is 47.8 Å². The maximum atomic E-state index is 13.8. The first-order chi connectivity index (χ1) is 15.6. The molecule has 0 N–H and O–H groups in total. The van der Waals surface area contributed by atoms with Gasteiger partial charge in [-0.2, -0.15) is 4.31 Å². The van der Waals surface area contributed by atoms with Crippen LogP contribution in [0, 0.1) is 0 Å². The van der Waals surface area contributed by atoms with Crippen LogP contribution in [0.3, 0.4) is 0 Å². The molecule has 0 aliphatic carbocycles. The van der Waals surface area contributed by atoms with Crippen LogP contribution < -0.4 is 4.74 Å². The van der Waals surface area contributed by atoms with Crippen molar-refractivity contribution in [1.29, 1.82) is 0 Å². The summed E-state index contributed by atoms with van der Waals surface area (Å²) in [7, 11) is -3.70. The van der Waals surface area contributed by atoms with Crippen molar-refractivity contribution in [2.45, 2.75) is 43.0 Å². The van der Waals surface area contributed by atoms with Crippen molar-refractivity contribution in [3.63, 3.8) is 0 Å². The number of nitrogens with zero attached hydrogens (tertiary/aromatic N) is 3. The van der Waals surface area contributed by atoms with Gasteiger partial charge in [0.25, 0.3) is 0 Å². The van der Waals surface area contributed by atoms with E-state index >= 15 is 0 Å². The molecule has 3 aromatic rings. The molecular weight excluding hydrogens is 422 g/mol. The predicted molar refractivity (Wildman–Crippen MR) is 123 cm³/mol. The molecule has 0 spiro atoms. The molecule has 0 saturated carbocycles. The van der Waals surface area contributed by atoms with Gasteiger partial charge in [-0.15, -0.1) is 0 Å². The minimum atomic E-state index is -3.70. The van der Waals surface area contributed by atoms with Gasteiger partial charge in [-0.25, -0.2) is 8.42 Å². The lowest BCUT2D eigenvalue weighted by Crippen LogP contribution is -2.46. The van der Waals surface area contributed by atoms with Crippen LogP contribution in [0.4, 0.5) is 0 Å². The Hall–Kier alpha value is -2.74. The number of para-hydroxylation sites is 1. The van der Waals surface area contributed by atoms with Crippen LogP contribution in [0.15, 0.2) is 84.0 Å². The van der Waals surface area contributed by atoms with Crippen molar-refractivity contribution in [3.8, 4) is 5.75 Å². The first kappa shape index (κ1) is 21.1. The summed E-state index contributed by atoms with van der Waals surface area (Å²) in [5.41, 5.74) is 2.14. The average Bonchev–Trinajstić information content (AvgIpc) is 3.05. The van der Waals surface area contributed by atoms with Gasteiger partial charge in [0.15, 0.2) is 0 Å². The van der Waals surface area contributed by atoms with E-state index in [1.807, 2.05) is 48.7 Å². The van der Waals surface area contributed by atoms with E-state index in [4.69, 9.17) is 4.74 Å². The highest BCUT2D eigenvalue weighted by atomic mass is 32.2.